The molecule has 2 N–H and O–H groups in total. The van der Waals surface area contributed by atoms with E-state index in [0.717, 1.165) is 16.1 Å². The number of amides is 1. The maximum atomic E-state index is 12.6. The van der Waals surface area contributed by atoms with Gasteiger partial charge in [-0.2, -0.15) is 0 Å². The summed E-state index contributed by atoms with van der Waals surface area (Å²) in [5.74, 6) is -0.572. The summed E-state index contributed by atoms with van der Waals surface area (Å²) in [4.78, 5) is 12.5. The molecule has 0 atom stereocenters. The Labute approximate surface area is 198 Å². The van der Waals surface area contributed by atoms with Crippen molar-refractivity contribution >= 4 is 54.6 Å². The number of anilines is 3. The van der Waals surface area contributed by atoms with Crippen LogP contribution in [-0.4, -0.2) is 35.5 Å². The highest BCUT2D eigenvalue weighted by atomic mass is 35.5. The quantitative estimate of drug-likeness (QED) is 0.481. The summed E-state index contributed by atoms with van der Waals surface area (Å²) in [6.07, 6.45) is 1.02. The van der Waals surface area contributed by atoms with Crippen LogP contribution in [0.15, 0.2) is 77.7 Å². The molecule has 0 bridgehead atoms. The first-order chi connectivity index (χ1) is 15.4. The van der Waals surface area contributed by atoms with Gasteiger partial charge in [-0.3, -0.25) is 13.8 Å². The third kappa shape index (κ3) is 6.70. The molecule has 0 aliphatic heterocycles. The lowest BCUT2D eigenvalue weighted by Crippen LogP contribution is -2.37. The van der Waals surface area contributed by atoms with Crippen molar-refractivity contribution in [2.45, 2.75) is 11.8 Å². The van der Waals surface area contributed by atoms with Crippen LogP contribution in [0.5, 0.6) is 0 Å². The van der Waals surface area contributed by atoms with Gasteiger partial charge < -0.3 is 5.32 Å². The number of sulfonamides is 2. The summed E-state index contributed by atoms with van der Waals surface area (Å²) < 4.78 is 53.0. The van der Waals surface area contributed by atoms with E-state index in [2.05, 4.69) is 10.0 Å². The zero-order chi connectivity index (χ0) is 24.2. The molecular formula is C22H22ClN3O5S2. The van der Waals surface area contributed by atoms with Gasteiger partial charge in [-0.15, -0.1) is 0 Å². The molecule has 1 amide bonds. The van der Waals surface area contributed by atoms with Gasteiger partial charge in [0.15, 0.2) is 0 Å². The predicted octanol–water partition coefficient (Wildman–Crippen LogP) is 3.85. The fourth-order valence-electron chi connectivity index (χ4n) is 2.96. The number of hydrogen-bond acceptors (Lipinski definition) is 5. The number of rotatable bonds is 8. The Morgan fingerprint density at radius 2 is 1.52 bits per heavy atom. The Bertz CT molecular complexity index is 1360. The van der Waals surface area contributed by atoms with E-state index in [9.17, 15) is 21.6 Å². The molecule has 0 radical (unpaired) electrons. The van der Waals surface area contributed by atoms with E-state index >= 15 is 0 Å². The third-order valence-electron chi connectivity index (χ3n) is 4.52. The molecule has 0 heterocycles. The lowest BCUT2D eigenvalue weighted by molar-refractivity contribution is -0.114. The molecule has 11 heteroatoms. The van der Waals surface area contributed by atoms with E-state index in [1.54, 1.807) is 30.3 Å². The average molecular weight is 508 g/mol. The minimum Gasteiger partial charge on any atom is -0.325 e. The molecule has 3 aromatic carbocycles. The number of hydrogen-bond donors (Lipinski definition) is 2. The summed E-state index contributed by atoms with van der Waals surface area (Å²) in [5.41, 5.74) is 1.91. The van der Waals surface area contributed by atoms with E-state index in [0.29, 0.717) is 22.1 Å². The number of nitrogens with zero attached hydrogens (tertiary/aromatic N) is 1. The largest absolute Gasteiger partial charge is 0.325 e. The highest BCUT2D eigenvalue weighted by molar-refractivity contribution is 7.92. The van der Waals surface area contributed by atoms with Crippen LogP contribution in [-0.2, 0) is 24.8 Å². The van der Waals surface area contributed by atoms with Crippen molar-refractivity contribution < 1.29 is 21.6 Å². The molecule has 0 fully saturated rings. The van der Waals surface area contributed by atoms with E-state index in [1.165, 1.54) is 36.4 Å². The minimum absolute atomic E-state index is 0.00651. The monoisotopic (exact) mass is 507 g/mol. The second-order valence-corrected chi connectivity index (χ2v) is 11.3. The van der Waals surface area contributed by atoms with Gasteiger partial charge in [0, 0.05) is 16.4 Å². The highest BCUT2D eigenvalue weighted by Crippen LogP contribution is 2.21. The van der Waals surface area contributed by atoms with Crippen LogP contribution < -0.4 is 14.3 Å². The second-order valence-electron chi connectivity index (χ2n) is 7.29. The molecule has 33 heavy (non-hydrogen) atoms. The number of nitrogens with one attached hydrogen (secondary N) is 2. The Balaban J connectivity index is 1.70. The molecular weight excluding hydrogens is 486 g/mol. The Morgan fingerprint density at radius 1 is 0.909 bits per heavy atom. The first-order valence-electron chi connectivity index (χ1n) is 9.67. The second kappa shape index (κ2) is 9.82. The zero-order valence-corrected chi connectivity index (χ0v) is 20.2. The SMILES string of the molecule is Cc1cccc(N(CC(=O)Nc2ccc(S(=O)(=O)Nc3ccc(Cl)cc3)cc2)S(C)(=O)=O)c1. The number of carbonyl (C=O) groups excluding carboxylic acids is 1. The maximum absolute atomic E-state index is 12.6. The molecule has 0 aromatic heterocycles. The van der Waals surface area contributed by atoms with Crippen molar-refractivity contribution in [3.05, 3.63) is 83.4 Å². The van der Waals surface area contributed by atoms with E-state index in [1.807, 2.05) is 13.0 Å². The summed E-state index contributed by atoms with van der Waals surface area (Å²) >= 11 is 5.81. The van der Waals surface area contributed by atoms with Gasteiger partial charge in [0.25, 0.3) is 10.0 Å². The third-order valence-corrected chi connectivity index (χ3v) is 7.31. The standard InChI is InChI=1S/C22H22ClN3O5S2/c1-16-4-3-5-20(14-16)26(32(2,28)29)15-22(27)24-18-10-12-21(13-11-18)33(30,31)25-19-8-6-17(23)7-9-19/h3-14,25H,15H2,1-2H3,(H,24,27). The summed E-state index contributed by atoms with van der Waals surface area (Å²) in [5, 5.41) is 3.07. The van der Waals surface area contributed by atoms with Crippen LogP contribution in [0.25, 0.3) is 0 Å². The molecule has 8 nitrogen and oxygen atoms in total. The van der Waals surface area contributed by atoms with Crippen LogP contribution in [0.3, 0.4) is 0 Å². The molecule has 3 aromatic rings. The van der Waals surface area contributed by atoms with Crippen molar-refractivity contribution in [1.82, 2.24) is 0 Å². The zero-order valence-electron chi connectivity index (χ0n) is 17.8. The highest BCUT2D eigenvalue weighted by Gasteiger charge is 2.21. The van der Waals surface area contributed by atoms with Crippen molar-refractivity contribution in [1.29, 1.82) is 0 Å². The summed E-state index contributed by atoms with van der Waals surface area (Å²) in [7, 11) is -7.55. The molecule has 174 valence electrons. The van der Waals surface area contributed by atoms with Crippen LogP contribution in [0.4, 0.5) is 17.1 Å². The van der Waals surface area contributed by atoms with Gasteiger partial charge in [-0.25, -0.2) is 16.8 Å². The summed E-state index contributed by atoms with van der Waals surface area (Å²) in [6, 6.07) is 18.5. The Morgan fingerprint density at radius 3 is 2.09 bits per heavy atom. The molecule has 0 saturated heterocycles. The number of aryl methyl sites for hydroxylation is 1. The van der Waals surface area contributed by atoms with Crippen LogP contribution in [0.1, 0.15) is 5.56 Å². The normalized spacial score (nSPS) is 11.6. The molecule has 0 unspecified atom stereocenters. The van der Waals surface area contributed by atoms with Gasteiger partial charge in [-0.1, -0.05) is 23.7 Å². The van der Waals surface area contributed by atoms with E-state index in [-0.39, 0.29) is 4.90 Å². The van der Waals surface area contributed by atoms with Crippen molar-refractivity contribution in [3.8, 4) is 0 Å². The smallest absolute Gasteiger partial charge is 0.261 e. The van der Waals surface area contributed by atoms with Crippen LogP contribution >= 0.6 is 11.6 Å². The van der Waals surface area contributed by atoms with Gasteiger partial charge in [-0.05, 0) is 73.2 Å². The van der Waals surface area contributed by atoms with E-state index in [4.69, 9.17) is 11.6 Å². The Hall–Kier alpha value is -3.08. The number of halogens is 1. The van der Waals surface area contributed by atoms with Gasteiger partial charge >= 0.3 is 0 Å². The van der Waals surface area contributed by atoms with Crippen molar-refractivity contribution in [3.63, 3.8) is 0 Å². The van der Waals surface area contributed by atoms with Crippen LogP contribution in [0, 0.1) is 6.92 Å². The fourth-order valence-corrected chi connectivity index (χ4v) is 5.00. The summed E-state index contributed by atoms with van der Waals surface area (Å²) in [6.45, 7) is 1.39. The van der Waals surface area contributed by atoms with Gasteiger partial charge in [0.05, 0.1) is 16.8 Å². The van der Waals surface area contributed by atoms with E-state index < -0.39 is 32.5 Å². The maximum Gasteiger partial charge on any atom is 0.261 e. The molecule has 0 aliphatic carbocycles. The first kappa shape index (κ1) is 24.6. The molecule has 0 aliphatic rings. The number of benzene rings is 3. The fraction of sp³-hybridized carbons (Fsp3) is 0.136. The van der Waals surface area contributed by atoms with Crippen LogP contribution in [0.2, 0.25) is 5.02 Å². The number of carbonyl (C=O) groups is 1. The van der Waals surface area contributed by atoms with Gasteiger partial charge in [0.2, 0.25) is 15.9 Å². The first-order valence-corrected chi connectivity index (χ1v) is 13.4. The topological polar surface area (TPSA) is 113 Å². The van der Waals surface area contributed by atoms with Crippen molar-refractivity contribution in [2.24, 2.45) is 0 Å². The van der Waals surface area contributed by atoms with Gasteiger partial charge in [0.1, 0.15) is 6.54 Å². The lowest BCUT2D eigenvalue weighted by atomic mass is 10.2. The van der Waals surface area contributed by atoms with Crippen molar-refractivity contribution in [2.75, 3.05) is 27.1 Å². The lowest BCUT2D eigenvalue weighted by Gasteiger charge is -2.22. The minimum atomic E-state index is -3.84. The molecule has 0 spiro atoms. The molecule has 3 rings (SSSR count). The molecule has 0 saturated carbocycles. The Kier molecular flexibility index (Phi) is 7.31. The predicted molar refractivity (Wildman–Crippen MR) is 131 cm³/mol. The average Bonchev–Trinajstić information content (AvgIpc) is 2.73.